The lowest BCUT2D eigenvalue weighted by atomic mass is 10.1. The third-order valence-electron chi connectivity index (χ3n) is 2.09. The molecule has 0 saturated heterocycles. The predicted molar refractivity (Wildman–Crippen MR) is 72.4 cm³/mol. The van der Waals surface area contributed by atoms with Crippen LogP contribution in [-0.4, -0.2) is 9.70 Å². The van der Waals surface area contributed by atoms with Crippen molar-refractivity contribution >= 4 is 40.7 Å². The Hall–Kier alpha value is -0.700. The first-order chi connectivity index (χ1) is 7.95. The summed E-state index contributed by atoms with van der Waals surface area (Å²) in [6, 6.07) is 9.14. The standard InChI is InChI=1S/C12H12Cl3NO/c1-2-6-10(9-7-4-3-5-8-9)16-11(17)12(13,14)15/h2-8,10H,1H3,(H,16,17)/b6-2+/t10-/m1/s1. The van der Waals surface area contributed by atoms with Crippen molar-refractivity contribution in [3.63, 3.8) is 0 Å². The molecule has 2 nitrogen and oxygen atoms in total. The molecule has 0 aromatic heterocycles. The second-order valence-electron chi connectivity index (χ2n) is 3.39. The summed E-state index contributed by atoms with van der Waals surface area (Å²) in [5.74, 6) is -0.644. The van der Waals surface area contributed by atoms with E-state index in [1.54, 1.807) is 0 Å². The molecule has 5 heteroatoms. The average Bonchev–Trinajstić information content (AvgIpc) is 2.28. The number of allylic oxidation sites excluding steroid dienone is 1. The highest BCUT2D eigenvalue weighted by atomic mass is 35.6. The van der Waals surface area contributed by atoms with Crippen LogP contribution in [0.15, 0.2) is 42.5 Å². The summed E-state index contributed by atoms with van der Waals surface area (Å²) in [5.41, 5.74) is 0.924. The summed E-state index contributed by atoms with van der Waals surface area (Å²) in [7, 11) is 0. The van der Waals surface area contributed by atoms with E-state index in [4.69, 9.17) is 34.8 Å². The smallest absolute Gasteiger partial charge is 0.272 e. The zero-order valence-corrected chi connectivity index (χ0v) is 11.4. The van der Waals surface area contributed by atoms with Gasteiger partial charge in [0.05, 0.1) is 6.04 Å². The Morgan fingerprint density at radius 3 is 2.35 bits per heavy atom. The van der Waals surface area contributed by atoms with Crippen molar-refractivity contribution in [3.8, 4) is 0 Å². The molecule has 0 aliphatic heterocycles. The van der Waals surface area contributed by atoms with Crippen LogP contribution in [0.2, 0.25) is 0 Å². The number of halogens is 3. The van der Waals surface area contributed by atoms with Gasteiger partial charge in [0.2, 0.25) is 0 Å². The van der Waals surface area contributed by atoms with Gasteiger partial charge < -0.3 is 5.32 Å². The van der Waals surface area contributed by atoms with Crippen LogP contribution in [0.1, 0.15) is 18.5 Å². The molecule has 1 rings (SSSR count). The molecule has 0 aliphatic carbocycles. The fraction of sp³-hybridized carbons (Fsp3) is 0.250. The topological polar surface area (TPSA) is 29.1 Å². The lowest BCUT2D eigenvalue weighted by Gasteiger charge is -2.18. The summed E-state index contributed by atoms with van der Waals surface area (Å²) in [5, 5.41) is 2.65. The van der Waals surface area contributed by atoms with E-state index in [9.17, 15) is 4.79 Å². The van der Waals surface area contributed by atoms with Crippen LogP contribution >= 0.6 is 34.8 Å². The van der Waals surface area contributed by atoms with Gasteiger partial charge in [0.25, 0.3) is 9.70 Å². The molecule has 0 unspecified atom stereocenters. The molecule has 0 bridgehead atoms. The second kappa shape index (κ2) is 6.29. The first kappa shape index (κ1) is 14.4. The Morgan fingerprint density at radius 1 is 1.29 bits per heavy atom. The third kappa shape index (κ3) is 4.58. The van der Waals surface area contributed by atoms with E-state index < -0.39 is 9.70 Å². The summed E-state index contributed by atoms with van der Waals surface area (Å²) in [4.78, 5) is 11.6. The quantitative estimate of drug-likeness (QED) is 0.666. The molecule has 1 aromatic carbocycles. The molecule has 0 saturated carbocycles. The number of amides is 1. The Balaban J connectivity index is 2.86. The van der Waals surface area contributed by atoms with Crippen LogP contribution in [0.5, 0.6) is 0 Å². The van der Waals surface area contributed by atoms with Crippen LogP contribution in [-0.2, 0) is 4.79 Å². The average molecular weight is 293 g/mol. The van der Waals surface area contributed by atoms with Crippen molar-refractivity contribution in [1.82, 2.24) is 5.32 Å². The van der Waals surface area contributed by atoms with Gasteiger partial charge in [0.15, 0.2) is 0 Å². The second-order valence-corrected chi connectivity index (χ2v) is 5.67. The van der Waals surface area contributed by atoms with E-state index in [2.05, 4.69) is 5.32 Å². The van der Waals surface area contributed by atoms with E-state index in [1.807, 2.05) is 49.4 Å². The zero-order valence-electron chi connectivity index (χ0n) is 9.16. The minimum absolute atomic E-state index is 0.302. The van der Waals surface area contributed by atoms with Crippen molar-refractivity contribution in [2.75, 3.05) is 0 Å². The SMILES string of the molecule is C/C=C/[C@@H](NC(=O)C(Cl)(Cl)Cl)c1ccccc1. The lowest BCUT2D eigenvalue weighted by molar-refractivity contribution is -0.120. The Morgan fingerprint density at radius 2 is 1.88 bits per heavy atom. The fourth-order valence-corrected chi connectivity index (χ4v) is 1.48. The van der Waals surface area contributed by atoms with E-state index in [0.29, 0.717) is 0 Å². The van der Waals surface area contributed by atoms with Crippen molar-refractivity contribution in [3.05, 3.63) is 48.0 Å². The highest BCUT2D eigenvalue weighted by Crippen LogP contribution is 2.27. The largest absolute Gasteiger partial charge is 0.342 e. The van der Waals surface area contributed by atoms with Crippen molar-refractivity contribution in [1.29, 1.82) is 0 Å². The molecule has 17 heavy (non-hydrogen) atoms. The van der Waals surface area contributed by atoms with Gasteiger partial charge in [0, 0.05) is 0 Å². The molecule has 0 aliphatic rings. The minimum Gasteiger partial charge on any atom is -0.342 e. The predicted octanol–water partition coefficient (Wildman–Crippen LogP) is 3.79. The highest BCUT2D eigenvalue weighted by molar-refractivity contribution is 6.76. The molecule has 92 valence electrons. The number of hydrogen-bond acceptors (Lipinski definition) is 1. The van der Waals surface area contributed by atoms with Crippen LogP contribution in [0.4, 0.5) is 0 Å². The lowest BCUT2D eigenvalue weighted by Crippen LogP contribution is -2.36. The fourth-order valence-electron chi connectivity index (χ4n) is 1.32. The molecule has 0 heterocycles. The molecule has 1 N–H and O–H groups in total. The Kier molecular flexibility index (Phi) is 5.31. The number of alkyl halides is 3. The van der Waals surface area contributed by atoms with Crippen molar-refractivity contribution in [2.24, 2.45) is 0 Å². The van der Waals surface area contributed by atoms with Gasteiger partial charge in [-0.3, -0.25) is 4.79 Å². The maximum absolute atomic E-state index is 11.6. The number of nitrogens with one attached hydrogen (secondary N) is 1. The van der Waals surface area contributed by atoms with Crippen LogP contribution in [0, 0.1) is 0 Å². The molecule has 0 spiro atoms. The Labute approximate surface area is 116 Å². The number of carbonyl (C=O) groups excluding carboxylic acids is 1. The molecule has 0 radical (unpaired) electrons. The molecule has 1 amide bonds. The first-order valence-electron chi connectivity index (χ1n) is 5.00. The van der Waals surface area contributed by atoms with E-state index >= 15 is 0 Å². The molecular formula is C12H12Cl3NO. The number of carbonyl (C=O) groups is 1. The third-order valence-corrected chi connectivity index (χ3v) is 2.60. The normalized spacial score (nSPS) is 13.6. The molecule has 1 atom stereocenters. The van der Waals surface area contributed by atoms with Gasteiger partial charge in [-0.15, -0.1) is 0 Å². The maximum atomic E-state index is 11.6. The molecule has 0 fully saturated rings. The van der Waals surface area contributed by atoms with E-state index in [1.165, 1.54) is 0 Å². The van der Waals surface area contributed by atoms with Crippen LogP contribution in [0.3, 0.4) is 0 Å². The van der Waals surface area contributed by atoms with Gasteiger partial charge in [-0.1, -0.05) is 77.3 Å². The highest BCUT2D eigenvalue weighted by Gasteiger charge is 2.31. The van der Waals surface area contributed by atoms with Crippen molar-refractivity contribution in [2.45, 2.75) is 16.8 Å². The molecule has 1 aromatic rings. The first-order valence-corrected chi connectivity index (χ1v) is 6.14. The van der Waals surface area contributed by atoms with Crippen LogP contribution in [0.25, 0.3) is 0 Å². The number of benzene rings is 1. The molecular weight excluding hydrogens is 280 g/mol. The summed E-state index contributed by atoms with van der Waals surface area (Å²) < 4.78 is -1.95. The Bertz CT molecular complexity index is 398. The van der Waals surface area contributed by atoms with Gasteiger partial charge in [-0.25, -0.2) is 0 Å². The summed E-state index contributed by atoms with van der Waals surface area (Å²) in [6.45, 7) is 1.86. The van der Waals surface area contributed by atoms with Crippen LogP contribution < -0.4 is 5.32 Å². The minimum atomic E-state index is -1.95. The van der Waals surface area contributed by atoms with E-state index in [-0.39, 0.29) is 6.04 Å². The van der Waals surface area contributed by atoms with E-state index in [0.717, 1.165) is 5.56 Å². The van der Waals surface area contributed by atoms with Gasteiger partial charge in [-0.2, -0.15) is 0 Å². The van der Waals surface area contributed by atoms with Gasteiger partial charge in [-0.05, 0) is 12.5 Å². The number of hydrogen-bond donors (Lipinski definition) is 1. The van der Waals surface area contributed by atoms with Gasteiger partial charge >= 0.3 is 0 Å². The van der Waals surface area contributed by atoms with Crippen molar-refractivity contribution < 1.29 is 4.79 Å². The number of rotatable bonds is 3. The zero-order chi connectivity index (χ0) is 12.9. The monoisotopic (exact) mass is 291 g/mol. The maximum Gasteiger partial charge on any atom is 0.272 e. The summed E-state index contributed by atoms with van der Waals surface area (Å²) >= 11 is 16.5. The van der Waals surface area contributed by atoms with Gasteiger partial charge in [0.1, 0.15) is 0 Å². The summed E-state index contributed by atoms with van der Waals surface area (Å²) in [6.07, 6.45) is 3.65.